The summed E-state index contributed by atoms with van der Waals surface area (Å²) in [7, 11) is 0. The van der Waals surface area contributed by atoms with Gasteiger partial charge in [0.25, 0.3) is 5.91 Å². The molecule has 0 fully saturated rings. The van der Waals surface area contributed by atoms with E-state index in [0.717, 1.165) is 17.2 Å². The second kappa shape index (κ2) is 11.9. The van der Waals surface area contributed by atoms with E-state index in [9.17, 15) is 18.0 Å². The minimum Gasteiger partial charge on any atom is -0.454 e. The summed E-state index contributed by atoms with van der Waals surface area (Å²) in [5.41, 5.74) is 2.21. The van der Waals surface area contributed by atoms with Gasteiger partial charge in [-0.15, -0.1) is 11.3 Å². The van der Waals surface area contributed by atoms with Gasteiger partial charge in [-0.1, -0.05) is 54.6 Å². The number of halogens is 3. The average molecular weight is 554 g/mol. The molecule has 1 aromatic heterocycles. The fourth-order valence-corrected chi connectivity index (χ4v) is 5.12. The third-order valence-electron chi connectivity index (χ3n) is 6.19. The molecule has 1 amide bonds. The first-order valence-electron chi connectivity index (χ1n) is 12.4. The number of rotatable bonds is 10. The summed E-state index contributed by atoms with van der Waals surface area (Å²) >= 11 is 1.35. The maximum atomic E-state index is 13.3. The molecule has 5 rings (SSSR count). The van der Waals surface area contributed by atoms with Crippen molar-refractivity contribution in [1.82, 2.24) is 15.2 Å². The Hall–Kier alpha value is -3.89. The Bertz CT molecular complexity index is 1430. The zero-order valence-corrected chi connectivity index (χ0v) is 21.7. The Morgan fingerprint density at radius 3 is 2.44 bits per heavy atom. The van der Waals surface area contributed by atoms with Crippen LogP contribution in [-0.2, 0) is 32.2 Å². The van der Waals surface area contributed by atoms with Crippen LogP contribution in [0.5, 0.6) is 11.5 Å². The molecule has 0 unspecified atom stereocenters. The van der Waals surface area contributed by atoms with Crippen LogP contribution in [0, 0.1) is 0 Å². The third-order valence-corrected chi connectivity index (χ3v) is 7.02. The van der Waals surface area contributed by atoms with Crippen molar-refractivity contribution in [2.24, 2.45) is 0 Å². The Morgan fingerprint density at radius 1 is 0.897 bits per heavy atom. The first-order valence-corrected chi connectivity index (χ1v) is 13.2. The summed E-state index contributed by atoms with van der Waals surface area (Å²) in [5.74, 6) is 1.04. The van der Waals surface area contributed by atoms with Gasteiger partial charge >= 0.3 is 6.18 Å². The number of hydrogen-bond donors (Lipinski definition) is 1. The van der Waals surface area contributed by atoms with Gasteiger partial charge in [0.1, 0.15) is 10.7 Å². The summed E-state index contributed by atoms with van der Waals surface area (Å²) < 4.78 is 50.8. The number of alkyl halides is 3. The van der Waals surface area contributed by atoms with Crippen molar-refractivity contribution < 1.29 is 27.4 Å². The molecule has 39 heavy (non-hydrogen) atoms. The van der Waals surface area contributed by atoms with Crippen LogP contribution in [0.4, 0.5) is 13.2 Å². The molecule has 6 nitrogen and oxygen atoms in total. The number of fused-ring (bicyclic) bond motifs is 1. The van der Waals surface area contributed by atoms with Gasteiger partial charge in [-0.2, -0.15) is 13.2 Å². The zero-order chi connectivity index (χ0) is 27.2. The summed E-state index contributed by atoms with van der Waals surface area (Å²) in [5, 5.41) is 5.29. The number of thiazole rings is 1. The maximum Gasteiger partial charge on any atom is 0.416 e. The number of carbonyl (C=O) groups excluding carboxylic acids is 1. The van der Waals surface area contributed by atoms with Gasteiger partial charge in [-0.3, -0.25) is 9.69 Å². The van der Waals surface area contributed by atoms with Crippen LogP contribution in [-0.4, -0.2) is 29.1 Å². The fraction of sp³-hybridized carbons (Fsp3) is 0.241. The lowest BCUT2D eigenvalue weighted by Crippen LogP contribution is -2.26. The number of benzene rings is 3. The highest BCUT2D eigenvalue weighted by Gasteiger charge is 2.30. The van der Waals surface area contributed by atoms with Crippen molar-refractivity contribution in [3.05, 3.63) is 111 Å². The van der Waals surface area contributed by atoms with Crippen molar-refractivity contribution in [2.45, 2.75) is 32.2 Å². The number of nitrogens with zero attached hydrogens (tertiary/aromatic N) is 2. The lowest BCUT2D eigenvalue weighted by atomic mass is 10.1. The molecule has 0 spiro atoms. The molecule has 0 radical (unpaired) electrons. The highest BCUT2D eigenvalue weighted by atomic mass is 32.1. The molecule has 0 saturated carbocycles. The molecule has 10 heteroatoms. The summed E-state index contributed by atoms with van der Waals surface area (Å²) in [6, 6.07) is 20.8. The van der Waals surface area contributed by atoms with Crippen LogP contribution < -0.4 is 14.8 Å². The Labute approximate surface area is 228 Å². The summed E-state index contributed by atoms with van der Waals surface area (Å²) in [4.78, 5) is 19.1. The SMILES string of the molecule is O=C(NCCc1ccccc1)c1csc(CN(Cc2cccc(C(F)(F)F)c2)Cc2ccc3c(c2)OCO3)n1. The van der Waals surface area contributed by atoms with E-state index in [2.05, 4.69) is 10.3 Å². The molecule has 0 bridgehead atoms. The van der Waals surface area contributed by atoms with Crippen LogP contribution in [0.1, 0.15) is 37.7 Å². The molecule has 0 saturated heterocycles. The summed E-state index contributed by atoms with van der Waals surface area (Å²) in [6.07, 6.45) is -3.71. The van der Waals surface area contributed by atoms with Gasteiger partial charge in [-0.05, 0) is 41.3 Å². The first kappa shape index (κ1) is 26.7. The Kier molecular flexibility index (Phi) is 8.13. The van der Waals surface area contributed by atoms with Gasteiger partial charge < -0.3 is 14.8 Å². The van der Waals surface area contributed by atoms with Crippen LogP contribution in [0.25, 0.3) is 0 Å². The van der Waals surface area contributed by atoms with Gasteiger partial charge in [0.2, 0.25) is 6.79 Å². The lowest BCUT2D eigenvalue weighted by molar-refractivity contribution is -0.137. The van der Waals surface area contributed by atoms with Gasteiger partial charge in [-0.25, -0.2) is 4.98 Å². The third kappa shape index (κ3) is 7.15. The first-order chi connectivity index (χ1) is 18.8. The molecular weight excluding hydrogens is 527 g/mol. The van der Waals surface area contributed by atoms with E-state index in [4.69, 9.17) is 9.47 Å². The predicted molar refractivity (Wildman–Crippen MR) is 142 cm³/mol. The van der Waals surface area contributed by atoms with E-state index < -0.39 is 11.7 Å². The van der Waals surface area contributed by atoms with Crippen LogP contribution in [0.2, 0.25) is 0 Å². The quantitative estimate of drug-likeness (QED) is 0.259. The molecule has 202 valence electrons. The lowest BCUT2D eigenvalue weighted by Gasteiger charge is -2.22. The smallest absolute Gasteiger partial charge is 0.416 e. The minimum atomic E-state index is -4.42. The number of hydrogen-bond acceptors (Lipinski definition) is 6. The molecular formula is C29H26F3N3O3S. The Balaban J connectivity index is 1.28. The van der Waals surface area contributed by atoms with Crippen molar-refractivity contribution in [3.8, 4) is 11.5 Å². The normalized spacial score (nSPS) is 12.6. The minimum absolute atomic E-state index is 0.155. The topological polar surface area (TPSA) is 63.7 Å². The number of amides is 1. The van der Waals surface area contributed by atoms with E-state index in [1.807, 2.05) is 53.4 Å². The average Bonchev–Trinajstić information content (AvgIpc) is 3.58. The fourth-order valence-electron chi connectivity index (χ4n) is 4.30. The Morgan fingerprint density at radius 2 is 1.64 bits per heavy atom. The van der Waals surface area contributed by atoms with Crippen molar-refractivity contribution >= 4 is 17.2 Å². The number of carbonyl (C=O) groups is 1. The van der Waals surface area contributed by atoms with Gasteiger partial charge in [0.05, 0.1) is 12.1 Å². The maximum absolute atomic E-state index is 13.3. The van der Waals surface area contributed by atoms with E-state index in [0.29, 0.717) is 53.8 Å². The predicted octanol–water partition coefficient (Wildman–Crippen LogP) is 6.07. The zero-order valence-electron chi connectivity index (χ0n) is 20.9. The summed E-state index contributed by atoms with van der Waals surface area (Å²) in [6.45, 7) is 1.69. The highest BCUT2D eigenvalue weighted by molar-refractivity contribution is 7.09. The number of nitrogens with one attached hydrogen (secondary N) is 1. The van der Waals surface area contributed by atoms with Crippen molar-refractivity contribution in [1.29, 1.82) is 0 Å². The van der Waals surface area contributed by atoms with E-state index >= 15 is 0 Å². The van der Waals surface area contributed by atoms with Crippen LogP contribution in [0.15, 0.2) is 78.2 Å². The second-order valence-corrected chi connectivity index (χ2v) is 10.1. The van der Waals surface area contributed by atoms with Gasteiger partial charge in [0, 0.05) is 25.0 Å². The molecule has 0 aliphatic carbocycles. The molecule has 1 N–H and O–H groups in total. The number of aromatic nitrogens is 1. The second-order valence-electron chi connectivity index (χ2n) is 9.15. The molecule has 3 aromatic carbocycles. The van der Waals surface area contributed by atoms with E-state index in [1.165, 1.54) is 23.5 Å². The van der Waals surface area contributed by atoms with E-state index in [-0.39, 0.29) is 19.2 Å². The van der Waals surface area contributed by atoms with Gasteiger partial charge in [0.15, 0.2) is 11.5 Å². The van der Waals surface area contributed by atoms with Crippen molar-refractivity contribution in [2.75, 3.05) is 13.3 Å². The van der Waals surface area contributed by atoms with Crippen LogP contribution >= 0.6 is 11.3 Å². The number of ether oxygens (including phenoxy) is 2. The molecule has 4 aromatic rings. The van der Waals surface area contributed by atoms with Crippen LogP contribution in [0.3, 0.4) is 0 Å². The molecule has 2 heterocycles. The monoisotopic (exact) mass is 553 g/mol. The molecule has 1 aliphatic heterocycles. The van der Waals surface area contributed by atoms with Crippen molar-refractivity contribution in [3.63, 3.8) is 0 Å². The largest absolute Gasteiger partial charge is 0.454 e. The standard InChI is InChI=1S/C29H26F3N3O3S/c30-29(31,32)23-8-4-7-21(13-23)15-35(16-22-9-10-25-26(14-22)38-19-37-25)17-27-34-24(18-39-27)28(36)33-12-11-20-5-2-1-3-6-20/h1-10,13-14,18H,11-12,15-17,19H2,(H,33,36). The van der Waals surface area contributed by atoms with E-state index in [1.54, 1.807) is 11.4 Å². The highest BCUT2D eigenvalue weighted by Crippen LogP contribution is 2.33. The molecule has 0 atom stereocenters. The molecule has 1 aliphatic rings.